The average Bonchev–Trinajstić information content (AvgIpc) is 2.33. The second-order valence-corrected chi connectivity index (χ2v) is 5.84. The van der Waals surface area contributed by atoms with E-state index in [9.17, 15) is 0 Å². The van der Waals surface area contributed by atoms with Crippen molar-refractivity contribution in [3.05, 3.63) is 33.8 Å². The number of hydrogen-bond acceptors (Lipinski definition) is 3. The molecule has 0 amide bonds. The minimum Gasteiger partial charge on any atom is -0.329 e. The van der Waals surface area contributed by atoms with Gasteiger partial charge in [-0.3, -0.25) is 4.90 Å². The Hall–Kier alpha value is -0.320. The van der Waals surface area contributed by atoms with Crippen molar-refractivity contribution in [1.29, 1.82) is 0 Å². The van der Waals surface area contributed by atoms with Crippen molar-refractivity contribution in [1.82, 2.24) is 9.80 Å². The van der Waals surface area contributed by atoms with Crippen molar-refractivity contribution in [3.63, 3.8) is 0 Å². The third-order valence-electron chi connectivity index (χ3n) is 3.20. The summed E-state index contributed by atoms with van der Waals surface area (Å²) >= 11 is 12.5. The van der Waals surface area contributed by atoms with Crippen molar-refractivity contribution in [2.24, 2.45) is 5.73 Å². The molecule has 0 spiro atoms. The predicted octanol–water partition coefficient (Wildman–Crippen LogP) is 2.88. The molecule has 0 bridgehead atoms. The molecule has 0 saturated heterocycles. The molecule has 0 heterocycles. The molecule has 5 heteroatoms. The van der Waals surface area contributed by atoms with Crippen LogP contribution in [-0.2, 0) is 0 Å². The van der Waals surface area contributed by atoms with E-state index in [0.29, 0.717) is 16.6 Å². The van der Waals surface area contributed by atoms with Crippen molar-refractivity contribution in [2.45, 2.75) is 12.5 Å². The molecule has 0 aromatic heterocycles. The Balaban J connectivity index is 2.76. The van der Waals surface area contributed by atoms with Gasteiger partial charge in [-0.05, 0) is 52.8 Å². The van der Waals surface area contributed by atoms with Gasteiger partial charge in [-0.2, -0.15) is 0 Å². The average molecular weight is 304 g/mol. The predicted molar refractivity (Wildman–Crippen MR) is 84.1 cm³/mol. The smallest absolute Gasteiger partial charge is 0.0496 e. The second-order valence-electron chi connectivity index (χ2n) is 5.02. The lowest BCUT2D eigenvalue weighted by Crippen LogP contribution is -2.33. The fourth-order valence-corrected chi connectivity index (χ4v) is 2.79. The van der Waals surface area contributed by atoms with Crippen LogP contribution < -0.4 is 5.73 Å². The SMILES string of the molecule is CN(C)CCCN(C)C(CN)c1c(Cl)cccc1Cl. The van der Waals surface area contributed by atoms with Crippen molar-refractivity contribution in [3.8, 4) is 0 Å². The minimum atomic E-state index is 0.0587. The zero-order valence-corrected chi connectivity index (χ0v) is 13.4. The van der Waals surface area contributed by atoms with Crippen LogP contribution in [0, 0.1) is 0 Å². The lowest BCUT2D eigenvalue weighted by Gasteiger charge is -2.29. The van der Waals surface area contributed by atoms with Crippen LogP contribution in [0.5, 0.6) is 0 Å². The standard InChI is InChI=1S/C14H23Cl2N3/c1-18(2)8-5-9-19(3)13(10-17)14-11(15)6-4-7-12(14)16/h4,6-7,13H,5,8-10,17H2,1-3H3. The molecule has 19 heavy (non-hydrogen) atoms. The highest BCUT2D eigenvalue weighted by Gasteiger charge is 2.20. The van der Waals surface area contributed by atoms with Crippen LogP contribution >= 0.6 is 23.2 Å². The monoisotopic (exact) mass is 303 g/mol. The van der Waals surface area contributed by atoms with E-state index in [1.54, 1.807) is 0 Å². The number of nitrogens with zero attached hydrogens (tertiary/aromatic N) is 2. The zero-order chi connectivity index (χ0) is 14.4. The lowest BCUT2D eigenvalue weighted by molar-refractivity contribution is 0.235. The van der Waals surface area contributed by atoms with Crippen LogP contribution in [-0.4, -0.2) is 50.6 Å². The Bertz CT molecular complexity index is 376. The highest BCUT2D eigenvalue weighted by molar-refractivity contribution is 6.36. The Morgan fingerprint density at radius 3 is 2.16 bits per heavy atom. The van der Waals surface area contributed by atoms with Gasteiger partial charge in [0.15, 0.2) is 0 Å². The van der Waals surface area contributed by atoms with E-state index < -0.39 is 0 Å². The summed E-state index contributed by atoms with van der Waals surface area (Å²) in [4.78, 5) is 4.39. The van der Waals surface area contributed by atoms with E-state index >= 15 is 0 Å². The summed E-state index contributed by atoms with van der Waals surface area (Å²) in [7, 11) is 6.21. The quantitative estimate of drug-likeness (QED) is 0.841. The third kappa shape index (κ3) is 4.93. The Morgan fingerprint density at radius 1 is 1.11 bits per heavy atom. The van der Waals surface area contributed by atoms with Crippen molar-refractivity contribution < 1.29 is 0 Å². The van der Waals surface area contributed by atoms with Crippen molar-refractivity contribution in [2.75, 3.05) is 40.8 Å². The zero-order valence-electron chi connectivity index (χ0n) is 11.9. The number of rotatable bonds is 7. The molecule has 108 valence electrons. The molecule has 1 unspecified atom stereocenters. The molecule has 0 saturated carbocycles. The largest absolute Gasteiger partial charge is 0.329 e. The van der Waals surface area contributed by atoms with Crippen LogP contribution in [0.2, 0.25) is 10.0 Å². The van der Waals surface area contributed by atoms with Crippen LogP contribution in [0.25, 0.3) is 0 Å². The molecule has 1 aromatic carbocycles. The van der Waals surface area contributed by atoms with E-state index in [1.165, 1.54) is 0 Å². The van der Waals surface area contributed by atoms with Gasteiger partial charge < -0.3 is 10.6 Å². The van der Waals surface area contributed by atoms with Gasteiger partial charge in [0.2, 0.25) is 0 Å². The molecule has 0 aliphatic rings. The molecule has 0 radical (unpaired) electrons. The van der Waals surface area contributed by atoms with Crippen LogP contribution in [0.3, 0.4) is 0 Å². The minimum absolute atomic E-state index is 0.0587. The van der Waals surface area contributed by atoms with E-state index in [-0.39, 0.29) is 6.04 Å². The molecule has 3 nitrogen and oxygen atoms in total. The second kappa shape index (κ2) is 8.08. The van der Waals surface area contributed by atoms with E-state index in [0.717, 1.165) is 25.1 Å². The first-order valence-electron chi connectivity index (χ1n) is 6.46. The first-order valence-corrected chi connectivity index (χ1v) is 7.22. The number of halogens is 2. The van der Waals surface area contributed by atoms with Gasteiger partial charge >= 0.3 is 0 Å². The van der Waals surface area contributed by atoms with Gasteiger partial charge in [0.1, 0.15) is 0 Å². The molecular weight excluding hydrogens is 281 g/mol. The molecule has 1 atom stereocenters. The van der Waals surface area contributed by atoms with Gasteiger partial charge in [0.05, 0.1) is 0 Å². The maximum atomic E-state index is 6.26. The van der Waals surface area contributed by atoms with Gasteiger partial charge in [0, 0.05) is 28.2 Å². The third-order valence-corrected chi connectivity index (χ3v) is 3.86. The van der Waals surface area contributed by atoms with Crippen LogP contribution in [0.4, 0.5) is 0 Å². The summed E-state index contributed by atoms with van der Waals surface area (Å²) in [6, 6.07) is 5.63. The number of benzene rings is 1. The van der Waals surface area contributed by atoms with Crippen molar-refractivity contribution >= 4 is 23.2 Å². The molecule has 1 rings (SSSR count). The van der Waals surface area contributed by atoms with E-state index in [1.807, 2.05) is 18.2 Å². The normalized spacial score (nSPS) is 13.3. The van der Waals surface area contributed by atoms with E-state index in [2.05, 4.69) is 30.9 Å². The lowest BCUT2D eigenvalue weighted by atomic mass is 10.1. The number of likely N-dealkylation sites (N-methyl/N-ethyl adjacent to an activating group) is 1. The van der Waals surface area contributed by atoms with Crippen LogP contribution in [0.1, 0.15) is 18.0 Å². The highest BCUT2D eigenvalue weighted by atomic mass is 35.5. The molecular formula is C14H23Cl2N3. The Morgan fingerprint density at radius 2 is 1.68 bits per heavy atom. The molecule has 0 aliphatic heterocycles. The summed E-state index contributed by atoms with van der Waals surface area (Å²) < 4.78 is 0. The summed E-state index contributed by atoms with van der Waals surface area (Å²) in [6.07, 6.45) is 1.09. The summed E-state index contributed by atoms with van der Waals surface area (Å²) in [5.41, 5.74) is 6.84. The fourth-order valence-electron chi connectivity index (χ4n) is 2.14. The molecule has 2 N–H and O–H groups in total. The maximum Gasteiger partial charge on any atom is 0.0496 e. The molecule has 0 fully saturated rings. The van der Waals surface area contributed by atoms with Gasteiger partial charge in [0.25, 0.3) is 0 Å². The van der Waals surface area contributed by atoms with Crippen LogP contribution in [0.15, 0.2) is 18.2 Å². The molecule has 0 aliphatic carbocycles. The topological polar surface area (TPSA) is 32.5 Å². The van der Waals surface area contributed by atoms with Gasteiger partial charge in [-0.15, -0.1) is 0 Å². The Labute approximate surface area is 126 Å². The number of hydrogen-bond donors (Lipinski definition) is 1. The first kappa shape index (κ1) is 16.7. The van der Waals surface area contributed by atoms with E-state index in [4.69, 9.17) is 28.9 Å². The first-order chi connectivity index (χ1) is 8.97. The van der Waals surface area contributed by atoms with Gasteiger partial charge in [-0.1, -0.05) is 29.3 Å². The van der Waals surface area contributed by atoms with Gasteiger partial charge in [-0.25, -0.2) is 0 Å². The summed E-state index contributed by atoms with van der Waals surface area (Å²) in [6.45, 7) is 2.52. The summed E-state index contributed by atoms with van der Waals surface area (Å²) in [5, 5.41) is 1.37. The maximum absolute atomic E-state index is 6.26. The molecule has 1 aromatic rings. The highest BCUT2D eigenvalue weighted by Crippen LogP contribution is 2.32. The Kier molecular flexibility index (Phi) is 7.11. The number of nitrogens with two attached hydrogens (primary N) is 1. The fraction of sp³-hybridized carbons (Fsp3) is 0.571. The summed E-state index contributed by atoms with van der Waals surface area (Å²) in [5.74, 6) is 0.